The minimum absolute atomic E-state index is 0.907. The molecule has 54 valence electrons. The van der Waals surface area contributed by atoms with Gasteiger partial charge in [-0.05, 0) is 23.8 Å². The Morgan fingerprint density at radius 3 is 3.10 bits per heavy atom. The Hall–Kier alpha value is -0.500. The van der Waals surface area contributed by atoms with Crippen molar-refractivity contribution < 1.29 is 4.79 Å². The summed E-state index contributed by atoms with van der Waals surface area (Å²) in [4.78, 5) is 11.3. The number of hydrogen-bond donors (Lipinski definition) is 0. The third-order valence-corrected chi connectivity index (χ3v) is 2.51. The minimum Gasteiger partial charge on any atom is -0.297 e. The summed E-state index contributed by atoms with van der Waals surface area (Å²) in [6.45, 7) is 2.08. The minimum atomic E-state index is 0.907. The van der Waals surface area contributed by atoms with Crippen molar-refractivity contribution in [2.24, 2.45) is 0 Å². The van der Waals surface area contributed by atoms with Crippen molar-refractivity contribution in [3.63, 3.8) is 0 Å². The van der Waals surface area contributed by atoms with Crippen molar-refractivity contribution in [1.82, 2.24) is 0 Å². The molecule has 0 aromatic rings. The van der Waals surface area contributed by atoms with Crippen LogP contribution in [0.1, 0.15) is 19.8 Å². The van der Waals surface area contributed by atoms with Crippen molar-refractivity contribution in [2.75, 3.05) is 0 Å². The molecule has 0 bridgehead atoms. The molecule has 0 aromatic heterocycles. The normalized spacial score (nSPS) is 17.7. The van der Waals surface area contributed by atoms with Gasteiger partial charge in [-0.2, -0.15) is 0 Å². The molecule has 0 N–H and O–H groups in total. The lowest BCUT2D eigenvalue weighted by Crippen LogP contribution is -1.90. The van der Waals surface area contributed by atoms with Gasteiger partial charge in [-0.1, -0.05) is 24.8 Å². The molecular formula is C8H10OS. The van der Waals surface area contributed by atoms with Crippen LogP contribution in [-0.2, 0) is 4.79 Å². The monoisotopic (exact) mass is 154 g/mol. The van der Waals surface area contributed by atoms with Gasteiger partial charge in [-0.25, -0.2) is 0 Å². The van der Waals surface area contributed by atoms with Crippen LogP contribution in [0.25, 0.3) is 0 Å². The van der Waals surface area contributed by atoms with Gasteiger partial charge in [0.1, 0.15) is 0 Å². The summed E-state index contributed by atoms with van der Waals surface area (Å²) in [5.74, 6) is 0. The van der Waals surface area contributed by atoms with E-state index in [-0.39, 0.29) is 0 Å². The van der Waals surface area contributed by atoms with Crippen molar-refractivity contribution in [3.8, 4) is 0 Å². The maximum atomic E-state index is 10.4. The van der Waals surface area contributed by atoms with Crippen LogP contribution in [0.3, 0.4) is 0 Å². The van der Waals surface area contributed by atoms with E-state index in [1.807, 2.05) is 5.41 Å². The summed E-state index contributed by atoms with van der Waals surface area (Å²) >= 11 is 1.53. The second kappa shape index (κ2) is 3.62. The first-order chi connectivity index (χ1) is 4.88. The Morgan fingerprint density at radius 2 is 2.60 bits per heavy atom. The number of aldehydes is 1. The van der Waals surface area contributed by atoms with E-state index in [2.05, 4.69) is 13.0 Å². The molecule has 0 amide bonds. The molecule has 2 heteroatoms. The maximum Gasteiger partial charge on any atom is 0.156 e. The van der Waals surface area contributed by atoms with E-state index >= 15 is 0 Å². The second-order valence-corrected chi connectivity index (χ2v) is 3.08. The van der Waals surface area contributed by atoms with Gasteiger partial charge in [-0.3, -0.25) is 4.79 Å². The summed E-state index contributed by atoms with van der Waals surface area (Å²) in [6, 6.07) is 0. The first-order valence-corrected chi connectivity index (χ1v) is 4.25. The lowest BCUT2D eigenvalue weighted by Gasteiger charge is -2.08. The van der Waals surface area contributed by atoms with Crippen molar-refractivity contribution >= 4 is 18.0 Å². The van der Waals surface area contributed by atoms with Gasteiger partial charge in [-0.15, -0.1) is 0 Å². The molecule has 1 nitrogen and oxygen atoms in total. The number of hydrogen-bond acceptors (Lipinski definition) is 2. The van der Waals surface area contributed by atoms with Crippen LogP contribution >= 0.6 is 11.8 Å². The fourth-order valence-corrected chi connectivity index (χ4v) is 1.71. The van der Waals surface area contributed by atoms with Crippen LogP contribution < -0.4 is 0 Å². The Morgan fingerprint density at radius 1 is 1.80 bits per heavy atom. The fraction of sp³-hybridized carbons (Fsp3) is 0.375. The van der Waals surface area contributed by atoms with Crippen molar-refractivity contribution in [1.29, 1.82) is 0 Å². The summed E-state index contributed by atoms with van der Waals surface area (Å²) in [6.07, 6.45) is 4.99. The van der Waals surface area contributed by atoms with Gasteiger partial charge in [0.2, 0.25) is 0 Å². The fourth-order valence-electron chi connectivity index (χ4n) is 0.925. The molecule has 0 saturated heterocycles. The first-order valence-electron chi connectivity index (χ1n) is 3.37. The molecule has 1 aliphatic rings. The molecule has 0 unspecified atom stereocenters. The Balaban J connectivity index is 2.75. The molecule has 0 atom stereocenters. The molecule has 0 fully saturated rings. The lowest BCUT2D eigenvalue weighted by molar-refractivity contribution is -0.104. The van der Waals surface area contributed by atoms with Crippen LogP contribution in [0.2, 0.25) is 0 Å². The number of rotatable bonds is 2. The van der Waals surface area contributed by atoms with Crippen LogP contribution in [0.4, 0.5) is 0 Å². The average Bonchev–Trinajstić information content (AvgIpc) is 2.04. The van der Waals surface area contributed by atoms with Gasteiger partial charge in [0.05, 0.1) is 4.91 Å². The van der Waals surface area contributed by atoms with E-state index in [1.54, 1.807) is 0 Å². The summed E-state index contributed by atoms with van der Waals surface area (Å²) in [5, 5.41) is 1.98. The van der Waals surface area contributed by atoms with Gasteiger partial charge in [0.25, 0.3) is 0 Å². The van der Waals surface area contributed by atoms with Crippen LogP contribution in [0, 0.1) is 0 Å². The molecule has 1 rings (SSSR count). The molecule has 1 heterocycles. The SMILES string of the molecule is CCC1=C(C=O)SC=CC1. The highest BCUT2D eigenvalue weighted by Crippen LogP contribution is 2.28. The Labute approximate surface area is 65.2 Å². The molecule has 1 aliphatic heterocycles. The lowest BCUT2D eigenvalue weighted by atomic mass is 10.1. The molecular weight excluding hydrogens is 144 g/mol. The highest BCUT2D eigenvalue weighted by atomic mass is 32.2. The van der Waals surface area contributed by atoms with Crippen LogP contribution in [0.5, 0.6) is 0 Å². The van der Waals surface area contributed by atoms with E-state index in [0.29, 0.717) is 0 Å². The third-order valence-electron chi connectivity index (χ3n) is 1.54. The van der Waals surface area contributed by atoms with Gasteiger partial charge >= 0.3 is 0 Å². The molecule has 0 aliphatic carbocycles. The van der Waals surface area contributed by atoms with Crippen LogP contribution in [-0.4, -0.2) is 6.29 Å². The second-order valence-electron chi connectivity index (χ2n) is 2.13. The molecule has 10 heavy (non-hydrogen) atoms. The predicted molar refractivity (Wildman–Crippen MR) is 44.7 cm³/mol. The highest BCUT2D eigenvalue weighted by molar-refractivity contribution is 8.06. The smallest absolute Gasteiger partial charge is 0.156 e. The Kier molecular flexibility index (Phi) is 2.75. The molecule has 0 saturated carbocycles. The summed E-state index contributed by atoms with van der Waals surface area (Å²) in [7, 11) is 0. The number of carbonyl (C=O) groups excluding carboxylic acids is 1. The maximum absolute atomic E-state index is 10.4. The number of allylic oxidation sites excluding steroid dienone is 3. The van der Waals surface area contributed by atoms with Crippen molar-refractivity contribution in [2.45, 2.75) is 19.8 Å². The number of thioether (sulfide) groups is 1. The first kappa shape index (κ1) is 7.61. The Bertz CT molecular complexity index is 191. The molecule has 0 spiro atoms. The predicted octanol–water partition coefficient (Wildman–Crippen LogP) is 2.50. The van der Waals surface area contributed by atoms with Gasteiger partial charge in [0, 0.05) is 0 Å². The van der Waals surface area contributed by atoms with E-state index < -0.39 is 0 Å². The summed E-state index contributed by atoms with van der Waals surface area (Å²) in [5.41, 5.74) is 1.27. The van der Waals surface area contributed by atoms with Crippen molar-refractivity contribution in [3.05, 3.63) is 22.0 Å². The highest BCUT2D eigenvalue weighted by Gasteiger charge is 2.05. The van der Waals surface area contributed by atoms with E-state index in [4.69, 9.17) is 0 Å². The zero-order valence-corrected chi connectivity index (χ0v) is 6.78. The van der Waals surface area contributed by atoms with Crippen LogP contribution in [0.15, 0.2) is 22.0 Å². The topological polar surface area (TPSA) is 17.1 Å². The zero-order valence-electron chi connectivity index (χ0n) is 5.96. The van der Waals surface area contributed by atoms with Gasteiger partial charge in [0.15, 0.2) is 6.29 Å². The zero-order chi connectivity index (χ0) is 7.40. The standard InChI is InChI=1S/C8H10OS/c1-2-7-4-3-5-10-8(7)6-9/h3,5-6H,2,4H2,1H3. The van der Waals surface area contributed by atoms with Gasteiger partial charge < -0.3 is 0 Å². The molecule has 0 radical (unpaired) electrons. The van der Waals surface area contributed by atoms with E-state index in [1.165, 1.54) is 17.3 Å². The average molecular weight is 154 g/mol. The number of carbonyl (C=O) groups is 1. The third kappa shape index (κ3) is 1.51. The molecule has 0 aromatic carbocycles. The van der Waals surface area contributed by atoms with E-state index in [9.17, 15) is 4.79 Å². The summed E-state index contributed by atoms with van der Waals surface area (Å²) < 4.78 is 0. The largest absolute Gasteiger partial charge is 0.297 e. The van der Waals surface area contributed by atoms with E-state index in [0.717, 1.165) is 24.0 Å². The quantitative estimate of drug-likeness (QED) is 0.568.